The number of aryl methyl sites for hydroxylation is 1. The Kier molecular flexibility index (Phi) is 5.21. The van der Waals surface area contributed by atoms with Crippen molar-refractivity contribution >= 4 is 11.8 Å². The minimum Gasteiger partial charge on any atom is -0.270 e. The van der Waals surface area contributed by atoms with Crippen LogP contribution in [0.4, 0.5) is 8.78 Å². The molecule has 1 heterocycles. The van der Waals surface area contributed by atoms with Gasteiger partial charge in [-0.1, -0.05) is 36.0 Å². The van der Waals surface area contributed by atoms with E-state index < -0.39 is 0 Å². The Labute approximate surface area is 166 Å². The van der Waals surface area contributed by atoms with Crippen LogP contribution < -0.4 is 0 Å². The Morgan fingerprint density at radius 3 is 2.14 bits per heavy atom. The van der Waals surface area contributed by atoms with Crippen LogP contribution >= 0.6 is 11.8 Å². The van der Waals surface area contributed by atoms with Gasteiger partial charge in [0.05, 0.1) is 0 Å². The molecule has 3 nitrogen and oxygen atoms in total. The van der Waals surface area contributed by atoms with Crippen LogP contribution in [0.1, 0.15) is 11.1 Å². The maximum absolute atomic E-state index is 13.4. The molecule has 0 N–H and O–H groups in total. The van der Waals surface area contributed by atoms with Crippen molar-refractivity contribution < 1.29 is 8.78 Å². The zero-order valence-electron chi connectivity index (χ0n) is 15.1. The van der Waals surface area contributed by atoms with Crippen LogP contribution in [0, 0.1) is 18.6 Å². The topological polar surface area (TPSA) is 30.7 Å². The van der Waals surface area contributed by atoms with Crippen LogP contribution in [-0.4, -0.2) is 14.8 Å². The quantitative estimate of drug-likeness (QED) is 0.401. The first-order chi connectivity index (χ1) is 13.6. The van der Waals surface area contributed by atoms with E-state index >= 15 is 0 Å². The second kappa shape index (κ2) is 7.94. The van der Waals surface area contributed by atoms with Crippen molar-refractivity contribution in [3.8, 4) is 17.1 Å². The average molecular weight is 393 g/mol. The molecule has 0 saturated heterocycles. The SMILES string of the molecule is Cc1ccccc1CSc1nnc(-c2ccc(F)cc2)n1-c1ccc(F)cc1. The standard InChI is InChI=1S/C22H17F2N3S/c1-15-4-2-3-5-17(15)14-28-22-26-25-21(16-6-8-18(23)9-7-16)27(22)20-12-10-19(24)11-13-20/h2-13H,14H2,1H3. The molecule has 0 atom stereocenters. The summed E-state index contributed by atoms with van der Waals surface area (Å²) in [4.78, 5) is 0. The van der Waals surface area contributed by atoms with E-state index in [9.17, 15) is 8.78 Å². The number of thioether (sulfide) groups is 1. The van der Waals surface area contributed by atoms with E-state index in [1.165, 1.54) is 35.4 Å². The third-order valence-electron chi connectivity index (χ3n) is 4.44. The molecule has 0 radical (unpaired) electrons. The van der Waals surface area contributed by atoms with Gasteiger partial charge in [0.2, 0.25) is 0 Å². The molecule has 4 aromatic rings. The van der Waals surface area contributed by atoms with Gasteiger partial charge in [0, 0.05) is 17.0 Å². The summed E-state index contributed by atoms with van der Waals surface area (Å²) in [7, 11) is 0. The monoisotopic (exact) mass is 393 g/mol. The van der Waals surface area contributed by atoms with Gasteiger partial charge < -0.3 is 0 Å². The summed E-state index contributed by atoms with van der Waals surface area (Å²) in [6.45, 7) is 2.07. The lowest BCUT2D eigenvalue weighted by Gasteiger charge is -2.11. The molecule has 1 aromatic heterocycles. The Bertz CT molecular complexity index is 1090. The first-order valence-electron chi connectivity index (χ1n) is 8.76. The van der Waals surface area contributed by atoms with E-state index in [-0.39, 0.29) is 11.6 Å². The van der Waals surface area contributed by atoms with Crippen molar-refractivity contribution in [3.63, 3.8) is 0 Å². The second-order valence-corrected chi connectivity index (χ2v) is 7.28. The average Bonchev–Trinajstić information content (AvgIpc) is 3.12. The van der Waals surface area contributed by atoms with Gasteiger partial charge in [-0.15, -0.1) is 10.2 Å². The molecular weight excluding hydrogens is 376 g/mol. The lowest BCUT2D eigenvalue weighted by Crippen LogP contribution is -2.00. The Morgan fingerprint density at radius 1 is 0.821 bits per heavy atom. The molecule has 0 saturated carbocycles. The normalized spacial score (nSPS) is 11.0. The van der Waals surface area contributed by atoms with Crippen molar-refractivity contribution in [1.82, 2.24) is 14.8 Å². The van der Waals surface area contributed by atoms with Crippen LogP contribution in [0.15, 0.2) is 78.0 Å². The van der Waals surface area contributed by atoms with E-state index in [0.29, 0.717) is 11.0 Å². The van der Waals surface area contributed by atoms with Crippen molar-refractivity contribution in [2.24, 2.45) is 0 Å². The summed E-state index contributed by atoms with van der Waals surface area (Å²) < 4.78 is 28.6. The first kappa shape index (κ1) is 18.4. The first-order valence-corrected chi connectivity index (χ1v) is 9.75. The van der Waals surface area contributed by atoms with Crippen molar-refractivity contribution in [2.45, 2.75) is 17.8 Å². The zero-order chi connectivity index (χ0) is 19.5. The lowest BCUT2D eigenvalue weighted by atomic mass is 10.1. The molecule has 0 fully saturated rings. The predicted octanol–water partition coefficient (Wildman–Crippen LogP) is 5.81. The Balaban J connectivity index is 1.74. The van der Waals surface area contributed by atoms with Gasteiger partial charge in [-0.3, -0.25) is 4.57 Å². The molecule has 140 valence electrons. The number of hydrogen-bond acceptors (Lipinski definition) is 3. The van der Waals surface area contributed by atoms with Crippen LogP contribution in [-0.2, 0) is 5.75 Å². The fourth-order valence-electron chi connectivity index (χ4n) is 2.89. The van der Waals surface area contributed by atoms with E-state index in [1.54, 1.807) is 36.0 Å². The molecule has 0 unspecified atom stereocenters. The fraction of sp³-hybridized carbons (Fsp3) is 0.0909. The highest BCUT2D eigenvalue weighted by atomic mass is 32.2. The summed E-state index contributed by atoms with van der Waals surface area (Å²) in [5.41, 5.74) is 3.91. The van der Waals surface area contributed by atoms with E-state index in [0.717, 1.165) is 17.0 Å². The highest BCUT2D eigenvalue weighted by Crippen LogP contribution is 2.30. The fourth-order valence-corrected chi connectivity index (χ4v) is 3.91. The lowest BCUT2D eigenvalue weighted by molar-refractivity contribution is 0.626. The number of halogens is 2. The molecule has 28 heavy (non-hydrogen) atoms. The van der Waals surface area contributed by atoms with Crippen LogP contribution in [0.25, 0.3) is 17.1 Å². The third kappa shape index (κ3) is 3.82. The molecule has 0 aliphatic carbocycles. The van der Waals surface area contributed by atoms with Gasteiger partial charge in [0.1, 0.15) is 11.6 Å². The summed E-state index contributed by atoms with van der Waals surface area (Å²) in [5, 5.41) is 9.36. The number of aromatic nitrogens is 3. The highest BCUT2D eigenvalue weighted by Gasteiger charge is 2.17. The maximum atomic E-state index is 13.4. The van der Waals surface area contributed by atoms with E-state index in [1.807, 2.05) is 16.7 Å². The molecular formula is C22H17F2N3S. The summed E-state index contributed by atoms with van der Waals surface area (Å²) in [5.74, 6) is 0.689. The van der Waals surface area contributed by atoms with Crippen molar-refractivity contribution in [1.29, 1.82) is 0 Å². The van der Waals surface area contributed by atoms with Gasteiger partial charge in [-0.2, -0.15) is 0 Å². The maximum Gasteiger partial charge on any atom is 0.196 e. The predicted molar refractivity (Wildman–Crippen MR) is 107 cm³/mol. The summed E-state index contributed by atoms with van der Waals surface area (Å²) in [6.07, 6.45) is 0. The van der Waals surface area contributed by atoms with E-state index in [2.05, 4.69) is 29.3 Å². The third-order valence-corrected chi connectivity index (χ3v) is 5.42. The second-order valence-electron chi connectivity index (χ2n) is 6.34. The molecule has 4 rings (SSSR count). The van der Waals surface area contributed by atoms with Gasteiger partial charge in [-0.25, -0.2) is 8.78 Å². The van der Waals surface area contributed by atoms with Crippen LogP contribution in [0.5, 0.6) is 0 Å². The number of hydrogen-bond donors (Lipinski definition) is 0. The molecule has 0 spiro atoms. The van der Waals surface area contributed by atoms with Crippen molar-refractivity contribution in [3.05, 3.63) is 95.6 Å². The van der Waals surface area contributed by atoms with Crippen LogP contribution in [0.2, 0.25) is 0 Å². The highest BCUT2D eigenvalue weighted by molar-refractivity contribution is 7.98. The number of rotatable bonds is 5. The molecule has 0 amide bonds. The molecule has 6 heteroatoms. The van der Waals surface area contributed by atoms with Crippen molar-refractivity contribution in [2.75, 3.05) is 0 Å². The molecule has 0 aliphatic rings. The minimum atomic E-state index is -0.314. The largest absolute Gasteiger partial charge is 0.270 e. The molecule has 0 aliphatic heterocycles. The molecule has 3 aromatic carbocycles. The van der Waals surface area contributed by atoms with Crippen LogP contribution in [0.3, 0.4) is 0 Å². The molecule has 0 bridgehead atoms. The van der Waals surface area contributed by atoms with Gasteiger partial charge in [0.25, 0.3) is 0 Å². The Hall–Kier alpha value is -2.99. The zero-order valence-corrected chi connectivity index (χ0v) is 16.0. The minimum absolute atomic E-state index is 0.311. The summed E-state index contributed by atoms with van der Waals surface area (Å²) >= 11 is 1.55. The van der Waals surface area contributed by atoms with Gasteiger partial charge >= 0.3 is 0 Å². The van der Waals surface area contributed by atoms with Gasteiger partial charge in [-0.05, 0) is 66.6 Å². The summed E-state index contributed by atoms with van der Waals surface area (Å²) in [6, 6.07) is 20.5. The smallest absolute Gasteiger partial charge is 0.196 e. The number of benzene rings is 3. The van der Waals surface area contributed by atoms with Gasteiger partial charge in [0.15, 0.2) is 11.0 Å². The Morgan fingerprint density at radius 2 is 1.46 bits per heavy atom. The number of nitrogens with zero attached hydrogens (tertiary/aromatic N) is 3. The van der Waals surface area contributed by atoms with E-state index in [4.69, 9.17) is 0 Å².